The molecular weight excluding hydrogens is 210 g/mol. The third kappa shape index (κ3) is 1.84. The zero-order valence-electron chi connectivity index (χ0n) is 9.19. The predicted octanol–water partition coefficient (Wildman–Crippen LogP) is -0.310. The van der Waals surface area contributed by atoms with Crippen molar-refractivity contribution >= 4 is 12.0 Å². The minimum Gasteiger partial charge on any atom is -0.480 e. The highest BCUT2D eigenvalue weighted by molar-refractivity contribution is 5.82. The van der Waals surface area contributed by atoms with E-state index in [0.717, 1.165) is 25.9 Å². The molecule has 3 N–H and O–H groups in total. The van der Waals surface area contributed by atoms with Crippen LogP contribution in [0.3, 0.4) is 0 Å². The summed E-state index contributed by atoms with van der Waals surface area (Å²) in [6.07, 6.45) is 2.40. The number of amides is 2. The van der Waals surface area contributed by atoms with Crippen molar-refractivity contribution in [2.45, 2.75) is 24.8 Å². The van der Waals surface area contributed by atoms with Crippen LogP contribution < -0.4 is 5.73 Å². The van der Waals surface area contributed by atoms with Gasteiger partial charge in [0, 0.05) is 19.6 Å². The molecule has 1 atom stereocenters. The number of urea groups is 1. The zero-order chi connectivity index (χ0) is 11.8. The number of hydrogen-bond acceptors (Lipinski definition) is 3. The van der Waals surface area contributed by atoms with Crippen LogP contribution in [0.1, 0.15) is 19.3 Å². The van der Waals surface area contributed by atoms with Crippen LogP contribution in [0.25, 0.3) is 0 Å². The molecule has 0 aromatic heterocycles. The fourth-order valence-electron chi connectivity index (χ4n) is 2.28. The minimum atomic E-state index is -1.25. The Balaban J connectivity index is 1.97. The van der Waals surface area contributed by atoms with E-state index in [0.29, 0.717) is 13.0 Å². The molecule has 0 aliphatic carbocycles. The lowest BCUT2D eigenvalue weighted by Crippen LogP contribution is -2.51. The number of carboxylic acids is 1. The number of hydrogen-bond donors (Lipinski definition) is 2. The summed E-state index contributed by atoms with van der Waals surface area (Å²) in [5, 5.41) is 8.96. The highest BCUT2D eigenvalue weighted by Crippen LogP contribution is 2.21. The standard InChI is InChI=1S/C10H17N3O3/c11-10(8(14)15)3-6-13(7-10)9(16)12-4-1-2-5-12/h1-7,11H2,(H,14,15). The van der Waals surface area contributed by atoms with Gasteiger partial charge in [-0.3, -0.25) is 4.79 Å². The van der Waals surface area contributed by atoms with Crippen molar-refractivity contribution in [3.05, 3.63) is 0 Å². The molecule has 6 heteroatoms. The average Bonchev–Trinajstić information content (AvgIpc) is 2.85. The van der Waals surface area contributed by atoms with Gasteiger partial charge in [0.25, 0.3) is 0 Å². The molecule has 2 aliphatic heterocycles. The number of likely N-dealkylation sites (tertiary alicyclic amines) is 2. The Morgan fingerprint density at radius 1 is 1.12 bits per heavy atom. The van der Waals surface area contributed by atoms with E-state index in [-0.39, 0.29) is 12.6 Å². The van der Waals surface area contributed by atoms with Gasteiger partial charge in [-0.1, -0.05) is 0 Å². The second-order valence-corrected chi connectivity index (χ2v) is 4.61. The summed E-state index contributed by atoms with van der Waals surface area (Å²) in [5.41, 5.74) is 4.46. The van der Waals surface area contributed by atoms with Gasteiger partial charge in [0.1, 0.15) is 5.54 Å². The molecule has 2 saturated heterocycles. The number of carbonyl (C=O) groups excluding carboxylic acids is 1. The number of rotatable bonds is 1. The molecule has 1 unspecified atom stereocenters. The lowest BCUT2D eigenvalue weighted by Gasteiger charge is -2.25. The normalized spacial score (nSPS) is 29.8. The first-order chi connectivity index (χ1) is 7.53. The molecule has 0 saturated carbocycles. The van der Waals surface area contributed by atoms with Crippen molar-refractivity contribution in [2.24, 2.45) is 5.73 Å². The van der Waals surface area contributed by atoms with Gasteiger partial charge in [0.05, 0.1) is 6.54 Å². The maximum atomic E-state index is 12.0. The molecule has 0 spiro atoms. The molecule has 2 amide bonds. The first kappa shape index (κ1) is 11.2. The number of aliphatic carboxylic acids is 1. The van der Waals surface area contributed by atoms with Crippen LogP contribution in [0, 0.1) is 0 Å². The van der Waals surface area contributed by atoms with Crippen LogP contribution in [-0.4, -0.2) is 58.6 Å². The second kappa shape index (κ2) is 3.93. The van der Waals surface area contributed by atoms with Crippen molar-refractivity contribution in [3.8, 4) is 0 Å². The van der Waals surface area contributed by atoms with Crippen LogP contribution in [-0.2, 0) is 4.79 Å². The zero-order valence-corrected chi connectivity index (χ0v) is 9.19. The largest absolute Gasteiger partial charge is 0.480 e. The van der Waals surface area contributed by atoms with Gasteiger partial charge in [-0.15, -0.1) is 0 Å². The maximum absolute atomic E-state index is 12.0. The summed E-state index contributed by atoms with van der Waals surface area (Å²) in [6, 6.07) is -0.0638. The number of carboxylic acid groups (broad SMARTS) is 1. The first-order valence-electron chi connectivity index (χ1n) is 5.59. The Kier molecular flexibility index (Phi) is 2.75. The summed E-state index contributed by atoms with van der Waals surface area (Å²) < 4.78 is 0. The second-order valence-electron chi connectivity index (χ2n) is 4.61. The van der Waals surface area contributed by atoms with Gasteiger partial charge < -0.3 is 20.6 Å². The number of nitrogens with zero attached hydrogens (tertiary/aromatic N) is 2. The topological polar surface area (TPSA) is 86.9 Å². The van der Waals surface area contributed by atoms with Gasteiger partial charge in [0.2, 0.25) is 0 Å². The predicted molar refractivity (Wildman–Crippen MR) is 56.9 cm³/mol. The monoisotopic (exact) mass is 227 g/mol. The Labute approximate surface area is 94.0 Å². The van der Waals surface area contributed by atoms with Gasteiger partial charge in [-0.25, -0.2) is 4.79 Å². The third-order valence-corrected chi connectivity index (χ3v) is 3.37. The average molecular weight is 227 g/mol. The van der Waals surface area contributed by atoms with Gasteiger partial charge in [-0.2, -0.15) is 0 Å². The number of nitrogens with two attached hydrogens (primary N) is 1. The molecule has 2 heterocycles. The van der Waals surface area contributed by atoms with Crippen molar-refractivity contribution in [3.63, 3.8) is 0 Å². The summed E-state index contributed by atoms with van der Waals surface area (Å²) in [6.45, 7) is 2.12. The minimum absolute atomic E-state index is 0.0638. The molecule has 0 bridgehead atoms. The molecule has 0 radical (unpaired) electrons. The summed E-state index contributed by atoms with van der Waals surface area (Å²) in [7, 11) is 0. The molecule has 2 fully saturated rings. The van der Waals surface area contributed by atoms with Crippen LogP contribution in [0.2, 0.25) is 0 Å². The van der Waals surface area contributed by atoms with Crippen molar-refractivity contribution in [1.82, 2.24) is 9.80 Å². The highest BCUT2D eigenvalue weighted by Gasteiger charge is 2.43. The molecule has 2 aliphatic rings. The van der Waals surface area contributed by atoms with E-state index in [1.54, 1.807) is 9.80 Å². The molecule has 0 aromatic rings. The quantitative estimate of drug-likeness (QED) is 0.643. The lowest BCUT2D eigenvalue weighted by atomic mass is 10.0. The van der Waals surface area contributed by atoms with E-state index >= 15 is 0 Å². The Bertz CT molecular complexity index is 314. The summed E-state index contributed by atoms with van der Waals surface area (Å²) >= 11 is 0. The van der Waals surface area contributed by atoms with Gasteiger partial charge >= 0.3 is 12.0 Å². The molecule has 6 nitrogen and oxygen atoms in total. The Hall–Kier alpha value is -1.30. The van der Waals surface area contributed by atoms with Crippen LogP contribution in [0.15, 0.2) is 0 Å². The van der Waals surface area contributed by atoms with Gasteiger partial charge in [0.15, 0.2) is 0 Å². The van der Waals surface area contributed by atoms with Gasteiger partial charge in [-0.05, 0) is 19.3 Å². The number of carbonyl (C=O) groups is 2. The molecular formula is C10H17N3O3. The van der Waals surface area contributed by atoms with E-state index in [1.165, 1.54) is 0 Å². The molecule has 90 valence electrons. The van der Waals surface area contributed by atoms with E-state index < -0.39 is 11.5 Å². The van der Waals surface area contributed by atoms with Crippen LogP contribution in [0.5, 0.6) is 0 Å². The highest BCUT2D eigenvalue weighted by atomic mass is 16.4. The SMILES string of the molecule is NC1(C(=O)O)CCN(C(=O)N2CCCC2)C1. The Morgan fingerprint density at radius 2 is 1.75 bits per heavy atom. The van der Waals surface area contributed by atoms with Crippen molar-refractivity contribution in [1.29, 1.82) is 0 Å². The molecule has 0 aromatic carbocycles. The summed E-state index contributed by atoms with van der Waals surface area (Å²) in [4.78, 5) is 26.2. The smallest absolute Gasteiger partial charge is 0.325 e. The van der Waals surface area contributed by atoms with E-state index in [4.69, 9.17) is 10.8 Å². The molecule has 16 heavy (non-hydrogen) atoms. The first-order valence-corrected chi connectivity index (χ1v) is 5.59. The van der Waals surface area contributed by atoms with Crippen molar-refractivity contribution in [2.75, 3.05) is 26.2 Å². The van der Waals surface area contributed by atoms with Crippen LogP contribution >= 0.6 is 0 Å². The third-order valence-electron chi connectivity index (χ3n) is 3.37. The van der Waals surface area contributed by atoms with Crippen LogP contribution in [0.4, 0.5) is 4.79 Å². The Morgan fingerprint density at radius 3 is 2.25 bits per heavy atom. The summed E-state index contributed by atoms with van der Waals surface area (Å²) in [5.74, 6) is -1.02. The fraction of sp³-hybridized carbons (Fsp3) is 0.800. The maximum Gasteiger partial charge on any atom is 0.325 e. The molecule has 2 rings (SSSR count). The van der Waals surface area contributed by atoms with E-state index in [2.05, 4.69) is 0 Å². The van der Waals surface area contributed by atoms with Crippen molar-refractivity contribution < 1.29 is 14.7 Å². The van der Waals surface area contributed by atoms with E-state index in [1.807, 2.05) is 0 Å². The fourth-order valence-corrected chi connectivity index (χ4v) is 2.28. The lowest BCUT2D eigenvalue weighted by molar-refractivity contribution is -0.142. The van der Waals surface area contributed by atoms with E-state index in [9.17, 15) is 9.59 Å².